The topological polar surface area (TPSA) is 32.3 Å². The number of benzene rings is 2. The summed E-state index contributed by atoms with van der Waals surface area (Å²) in [6.45, 7) is 6.27. The van der Waals surface area contributed by atoms with E-state index in [2.05, 4.69) is 61.6 Å². The van der Waals surface area contributed by atoms with Crippen molar-refractivity contribution in [2.75, 3.05) is 13.2 Å². The van der Waals surface area contributed by atoms with E-state index >= 15 is 0 Å². The van der Waals surface area contributed by atoms with E-state index < -0.39 is 0 Å². The van der Waals surface area contributed by atoms with Gasteiger partial charge in [-0.25, -0.2) is 0 Å². The van der Waals surface area contributed by atoms with Crippen molar-refractivity contribution in [2.24, 2.45) is 11.8 Å². The molecule has 0 aliphatic carbocycles. The van der Waals surface area contributed by atoms with Crippen LogP contribution in [0.25, 0.3) is 10.8 Å². The van der Waals surface area contributed by atoms with E-state index in [1.807, 2.05) is 0 Å². The molecule has 2 aromatic rings. The molecule has 0 heterocycles. The first-order valence-corrected chi connectivity index (χ1v) is 7.00. The van der Waals surface area contributed by atoms with Crippen molar-refractivity contribution in [3.05, 3.63) is 48.0 Å². The Labute approximate surface area is 115 Å². The quantitative estimate of drug-likeness (QED) is 0.833. The molecule has 2 heteroatoms. The highest BCUT2D eigenvalue weighted by Crippen LogP contribution is 2.15. The minimum absolute atomic E-state index is 0.252. The van der Waals surface area contributed by atoms with Gasteiger partial charge in [0.15, 0.2) is 0 Å². The third-order valence-electron chi connectivity index (χ3n) is 3.73. The summed E-state index contributed by atoms with van der Waals surface area (Å²) in [4.78, 5) is 0. The normalized spacial score (nSPS) is 13.1. The van der Waals surface area contributed by atoms with E-state index in [1.165, 1.54) is 16.3 Å². The summed E-state index contributed by atoms with van der Waals surface area (Å²) in [5.41, 5.74) is 1.29. The standard InChI is InChI=1S/C17H23NO/c1-13(2)17(12-19)11-18-10-14-7-8-15-5-3-4-6-16(15)9-14/h3-9,13,17-19H,10-12H2,1-2H3. The molecule has 102 valence electrons. The van der Waals surface area contributed by atoms with Crippen LogP contribution in [0.1, 0.15) is 19.4 Å². The Morgan fingerprint density at radius 2 is 1.79 bits per heavy atom. The van der Waals surface area contributed by atoms with Crippen molar-refractivity contribution in [2.45, 2.75) is 20.4 Å². The van der Waals surface area contributed by atoms with Crippen LogP contribution >= 0.6 is 0 Å². The van der Waals surface area contributed by atoms with Crippen LogP contribution in [0.5, 0.6) is 0 Å². The summed E-state index contributed by atoms with van der Waals surface area (Å²) in [6, 6.07) is 15.0. The van der Waals surface area contributed by atoms with Gasteiger partial charge in [0.05, 0.1) is 0 Å². The summed E-state index contributed by atoms with van der Waals surface area (Å²) in [5.74, 6) is 0.842. The molecule has 0 saturated heterocycles. The molecule has 0 aliphatic rings. The van der Waals surface area contributed by atoms with Crippen LogP contribution in [0, 0.1) is 11.8 Å². The third-order valence-corrected chi connectivity index (χ3v) is 3.73. The van der Waals surface area contributed by atoms with Gasteiger partial charge in [0.2, 0.25) is 0 Å². The van der Waals surface area contributed by atoms with E-state index in [0.717, 1.165) is 13.1 Å². The molecule has 0 radical (unpaired) electrons. The number of fused-ring (bicyclic) bond motifs is 1. The maximum atomic E-state index is 9.29. The first kappa shape index (κ1) is 14.0. The molecule has 1 unspecified atom stereocenters. The van der Waals surface area contributed by atoms with E-state index in [0.29, 0.717) is 11.8 Å². The van der Waals surface area contributed by atoms with Gasteiger partial charge in [-0.3, -0.25) is 0 Å². The van der Waals surface area contributed by atoms with E-state index in [1.54, 1.807) is 0 Å². The second kappa shape index (κ2) is 6.69. The minimum atomic E-state index is 0.252. The highest BCUT2D eigenvalue weighted by molar-refractivity contribution is 5.82. The van der Waals surface area contributed by atoms with Crippen LogP contribution in [0.4, 0.5) is 0 Å². The van der Waals surface area contributed by atoms with E-state index in [-0.39, 0.29) is 6.61 Å². The summed E-state index contributed by atoms with van der Waals surface area (Å²) >= 11 is 0. The summed E-state index contributed by atoms with van der Waals surface area (Å²) in [7, 11) is 0. The molecular formula is C17H23NO. The molecule has 0 fully saturated rings. The molecule has 2 aromatic carbocycles. The molecular weight excluding hydrogens is 234 g/mol. The Kier molecular flexibility index (Phi) is 4.94. The zero-order chi connectivity index (χ0) is 13.7. The first-order valence-electron chi connectivity index (χ1n) is 7.00. The lowest BCUT2D eigenvalue weighted by Crippen LogP contribution is -2.28. The largest absolute Gasteiger partial charge is 0.396 e. The molecule has 0 bridgehead atoms. The Morgan fingerprint density at radius 1 is 1.05 bits per heavy atom. The monoisotopic (exact) mass is 257 g/mol. The van der Waals surface area contributed by atoms with E-state index in [9.17, 15) is 5.11 Å². The lowest BCUT2D eigenvalue weighted by atomic mass is 9.97. The van der Waals surface area contributed by atoms with Crippen molar-refractivity contribution in [3.63, 3.8) is 0 Å². The van der Waals surface area contributed by atoms with Gasteiger partial charge in [-0.15, -0.1) is 0 Å². The van der Waals surface area contributed by atoms with Gasteiger partial charge in [-0.1, -0.05) is 50.2 Å². The first-order chi connectivity index (χ1) is 9.20. The van der Waals surface area contributed by atoms with Gasteiger partial charge in [0.1, 0.15) is 0 Å². The minimum Gasteiger partial charge on any atom is -0.396 e. The Morgan fingerprint density at radius 3 is 2.47 bits per heavy atom. The number of aliphatic hydroxyl groups is 1. The summed E-state index contributed by atoms with van der Waals surface area (Å²) in [5, 5.41) is 15.3. The smallest absolute Gasteiger partial charge is 0.0473 e. The Hall–Kier alpha value is -1.38. The predicted octanol–water partition coefficient (Wildman–Crippen LogP) is 3.19. The number of aliphatic hydroxyl groups excluding tert-OH is 1. The lowest BCUT2D eigenvalue weighted by Gasteiger charge is -2.18. The molecule has 0 amide bonds. The van der Waals surface area contributed by atoms with Crippen LogP contribution in [0.3, 0.4) is 0 Å². The van der Waals surface area contributed by atoms with Crippen LogP contribution in [0.2, 0.25) is 0 Å². The summed E-state index contributed by atoms with van der Waals surface area (Å²) in [6.07, 6.45) is 0. The number of hydrogen-bond acceptors (Lipinski definition) is 2. The van der Waals surface area contributed by atoms with Gasteiger partial charge in [0.25, 0.3) is 0 Å². The molecule has 0 aromatic heterocycles. The molecule has 2 rings (SSSR count). The number of rotatable bonds is 6. The van der Waals surface area contributed by atoms with Crippen molar-refractivity contribution < 1.29 is 5.11 Å². The fourth-order valence-electron chi connectivity index (χ4n) is 2.26. The van der Waals surface area contributed by atoms with Gasteiger partial charge < -0.3 is 10.4 Å². The molecule has 0 aliphatic heterocycles. The Bertz CT molecular complexity index is 521. The molecule has 1 atom stereocenters. The van der Waals surface area contributed by atoms with Crippen LogP contribution in [-0.4, -0.2) is 18.3 Å². The average molecular weight is 257 g/mol. The SMILES string of the molecule is CC(C)C(CO)CNCc1ccc2ccccc2c1. The fourth-order valence-corrected chi connectivity index (χ4v) is 2.26. The highest BCUT2D eigenvalue weighted by Gasteiger charge is 2.11. The highest BCUT2D eigenvalue weighted by atomic mass is 16.3. The zero-order valence-corrected chi connectivity index (χ0v) is 11.8. The van der Waals surface area contributed by atoms with Crippen LogP contribution in [0.15, 0.2) is 42.5 Å². The second-order valence-corrected chi connectivity index (χ2v) is 5.50. The van der Waals surface area contributed by atoms with Crippen molar-refractivity contribution in [1.82, 2.24) is 5.32 Å². The number of hydrogen-bond donors (Lipinski definition) is 2. The maximum absolute atomic E-state index is 9.29. The maximum Gasteiger partial charge on any atom is 0.0473 e. The fraction of sp³-hybridized carbons (Fsp3) is 0.412. The van der Waals surface area contributed by atoms with Gasteiger partial charge in [0, 0.05) is 19.7 Å². The third kappa shape index (κ3) is 3.79. The van der Waals surface area contributed by atoms with E-state index in [4.69, 9.17) is 0 Å². The number of nitrogens with one attached hydrogen (secondary N) is 1. The van der Waals surface area contributed by atoms with Crippen molar-refractivity contribution >= 4 is 10.8 Å². The van der Waals surface area contributed by atoms with Gasteiger partial charge in [-0.05, 0) is 34.2 Å². The molecule has 0 spiro atoms. The van der Waals surface area contributed by atoms with Gasteiger partial charge >= 0.3 is 0 Å². The molecule has 19 heavy (non-hydrogen) atoms. The van der Waals surface area contributed by atoms with Crippen LogP contribution < -0.4 is 5.32 Å². The second-order valence-electron chi connectivity index (χ2n) is 5.50. The summed E-state index contributed by atoms with van der Waals surface area (Å²) < 4.78 is 0. The predicted molar refractivity (Wildman–Crippen MR) is 81.1 cm³/mol. The average Bonchev–Trinajstić information content (AvgIpc) is 2.43. The lowest BCUT2D eigenvalue weighted by molar-refractivity contribution is 0.186. The molecule has 0 saturated carbocycles. The molecule has 2 N–H and O–H groups in total. The molecule has 2 nitrogen and oxygen atoms in total. The van der Waals surface area contributed by atoms with Gasteiger partial charge in [-0.2, -0.15) is 0 Å². The van der Waals surface area contributed by atoms with Crippen LogP contribution in [-0.2, 0) is 6.54 Å². The Balaban J connectivity index is 1.94. The van der Waals surface area contributed by atoms with Crippen molar-refractivity contribution in [3.8, 4) is 0 Å². The van der Waals surface area contributed by atoms with Crippen molar-refractivity contribution in [1.29, 1.82) is 0 Å². The zero-order valence-electron chi connectivity index (χ0n) is 11.8.